The van der Waals surface area contributed by atoms with E-state index in [1.54, 1.807) is 0 Å². The summed E-state index contributed by atoms with van der Waals surface area (Å²) in [6, 6.07) is 2.14. The molecule has 55 heavy (non-hydrogen) atoms. The van der Waals surface area contributed by atoms with Crippen molar-refractivity contribution in [1.82, 2.24) is 4.90 Å². The lowest BCUT2D eigenvalue weighted by molar-refractivity contribution is -0.146. The SMILES string of the molecule is CCCCOc1ccc(CC(C(=O)Oc2c(F)c(F)cc(F)c2F)N(CC(=O)Oc2c(F)c(F)cc(F)c2F)CC(=O)Oc2c(F)c(F)cc(F)c2F)cc1. The van der Waals surface area contributed by atoms with Gasteiger partial charge in [-0.25, -0.2) is 31.1 Å². The van der Waals surface area contributed by atoms with Crippen LogP contribution in [0.5, 0.6) is 23.0 Å². The van der Waals surface area contributed by atoms with Crippen molar-refractivity contribution in [1.29, 1.82) is 0 Å². The van der Waals surface area contributed by atoms with Gasteiger partial charge in [0.25, 0.3) is 0 Å². The van der Waals surface area contributed by atoms with E-state index in [0.717, 1.165) is 6.42 Å². The van der Waals surface area contributed by atoms with Crippen molar-refractivity contribution in [2.45, 2.75) is 32.2 Å². The van der Waals surface area contributed by atoms with E-state index in [1.807, 2.05) is 6.92 Å². The van der Waals surface area contributed by atoms with Gasteiger partial charge in [0.15, 0.2) is 34.9 Å². The predicted molar refractivity (Wildman–Crippen MR) is 162 cm³/mol. The Hall–Kier alpha value is -5.79. The molecule has 20 heteroatoms. The molecule has 0 aliphatic heterocycles. The normalized spacial score (nSPS) is 11.7. The van der Waals surface area contributed by atoms with Crippen LogP contribution in [0.25, 0.3) is 0 Å². The summed E-state index contributed by atoms with van der Waals surface area (Å²) >= 11 is 0. The number of esters is 3. The molecule has 4 aromatic rings. The van der Waals surface area contributed by atoms with Crippen LogP contribution >= 0.6 is 0 Å². The van der Waals surface area contributed by atoms with Gasteiger partial charge in [-0.15, -0.1) is 0 Å². The van der Waals surface area contributed by atoms with Crippen LogP contribution in [0.2, 0.25) is 0 Å². The molecular weight excluding hydrogens is 774 g/mol. The van der Waals surface area contributed by atoms with Crippen molar-refractivity contribution in [2.24, 2.45) is 0 Å². The van der Waals surface area contributed by atoms with Gasteiger partial charge in [-0.1, -0.05) is 25.5 Å². The Balaban J connectivity index is 1.79. The van der Waals surface area contributed by atoms with Crippen molar-refractivity contribution in [2.75, 3.05) is 19.7 Å². The predicted octanol–water partition coefficient (Wildman–Crippen LogP) is 7.56. The smallest absolute Gasteiger partial charge is 0.329 e. The van der Waals surface area contributed by atoms with Crippen molar-refractivity contribution in [3.63, 3.8) is 0 Å². The number of nitrogens with zero attached hydrogens (tertiary/aromatic N) is 1. The second kappa shape index (κ2) is 18.0. The highest BCUT2D eigenvalue weighted by molar-refractivity contribution is 5.83. The second-order valence-corrected chi connectivity index (χ2v) is 11.2. The molecule has 0 bridgehead atoms. The largest absolute Gasteiger partial charge is 0.494 e. The molecule has 0 heterocycles. The molecule has 0 amide bonds. The number of rotatable bonds is 15. The van der Waals surface area contributed by atoms with E-state index >= 15 is 0 Å². The minimum absolute atomic E-state index is 0.0245. The number of halogens is 12. The van der Waals surface area contributed by atoms with Gasteiger partial charge in [-0.05, 0) is 30.5 Å². The van der Waals surface area contributed by atoms with Crippen LogP contribution in [0, 0.1) is 69.8 Å². The van der Waals surface area contributed by atoms with E-state index in [1.165, 1.54) is 24.3 Å². The van der Waals surface area contributed by atoms with E-state index in [0.29, 0.717) is 6.42 Å². The number of unbranched alkanes of at least 4 members (excludes halogenated alkanes) is 1. The fourth-order valence-electron chi connectivity index (χ4n) is 4.63. The van der Waals surface area contributed by atoms with Gasteiger partial charge < -0.3 is 18.9 Å². The lowest BCUT2D eigenvalue weighted by Gasteiger charge is -2.29. The van der Waals surface area contributed by atoms with Gasteiger partial charge in [0.2, 0.25) is 52.2 Å². The lowest BCUT2D eigenvalue weighted by Crippen LogP contribution is -2.50. The maximum atomic E-state index is 14.6. The Morgan fingerprint density at radius 3 is 1.29 bits per heavy atom. The molecule has 0 aliphatic rings. The lowest BCUT2D eigenvalue weighted by atomic mass is 10.0. The first-order chi connectivity index (χ1) is 25.9. The summed E-state index contributed by atoms with van der Waals surface area (Å²) in [5, 5.41) is 0. The average molecular weight is 798 g/mol. The van der Waals surface area contributed by atoms with E-state index in [-0.39, 0.29) is 41.0 Å². The first-order valence-corrected chi connectivity index (χ1v) is 15.5. The third kappa shape index (κ3) is 10.0. The van der Waals surface area contributed by atoms with E-state index in [9.17, 15) is 67.1 Å². The second-order valence-electron chi connectivity index (χ2n) is 11.2. The molecule has 0 aliphatic carbocycles. The molecule has 1 atom stereocenters. The monoisotopic (exact) mass is 797 g/mol. The molecule has 0 aromatic heterocycles. The fraction of sp³-hybridized carbons (Fsp3) is 0.229. The van der Waals surface area contributed by atoms with Crippen LogP contribution in [0.3, 0.4) is 0 Å². The fourth-order valence-corrected chi connectivity index (χ4v) is 4.63. The molecule has 0 N–H and O–H groups in total. The zero-order chi connectivity index (χ0) is 40.7. The molecule has 4 aromatic carbocycles. The number of hydrogen-bond donors (Lipinski definition) is 0. The van der Waals surface area contributed by atoms with Gasteiger partial charge in [0.1, 0.15) is 11.8 Å². The molecule has 294 valence electrons. The van der Waals surface area contributed by atoms with E-state index in [2.05, 4.69) is 14.2 Å². The highest BCUT2D eigenvalue weighted by Crippen LogP contribution is 2.30. The third-order valence-corrected chi connectivity index (χ3v) is 7.35. The van der Waals surface area contributed by atoms with Gasteiger partial charge >= 0.3 is 17.9 Å². The summed E-state index contributed by atoms with van der Waals surface area (Å²) < 4.78 is 189. The average Bonchev–Trinajstić information content (AvgIpc) is 3.13. The van der Waals surface area contributed by atoms with Crippen LogP contribution in [0.15, 0.2) is 42.5 Å². The van der Waals surface area contributed by atoms with Gasteiger partial charge in [-0.3, -0.25) is 14.5 Å². The first kappa shape index (κ1) is 42.0. The standard InChI is InChI=1S/C35H23F12NO7/c1-2-3-8-52-16-6-4-15(5-7-16)9-23(35(51)55-34-30(46)21(40)12-22(41)31(34)47)48(13-24(49)53-32-26(42)17(36)10-18(37)27(32)43)14-25(50)54-33-28(44)19(38)11-20(39)29(33)45/h4-7,10-12,23H,2-3,8-9,13-14H2,1H3. The molecule has 1 unspecified atom stereocenters. The number of hydrogen-bond acceptors (Lipinski definition) is 8. The quantitative estimate of drug-likeness (QED) is 0.0401. The summed E-state index contributed by atoms with van der Waals surface area (Å²) in [6.07, 6.45) is 0.584. The summed E-state index contributed by atoms with van der Waals surface area (Å²) in [4.78, 5) is 39.8. The summed E-state index contributed by atoms with van der Waals surface area (Å²) in [7, 11) is 0. The maximum absolute atomic E-state index is 14.6. The molecule has 0 saturated heterocycles. The first-order valence-electron chi connectivity index (χ1n) is 15.5. The molecule has 4 rings (SSSR count). The summed E-state index contributed by atoms with van der Waals surface area (Å²) in [5.41, 5.74) is 0.0245. The molecular formula is C35H23F12NO7. The van der Waals surface area contributed by atoms with Gasteiger partial charge in [0.05, 0.1) is 19.7 Å². The van der Waals surface area contributed by atoms with Gasteiger partial charge in [-0.2, -0.15) is 26.3 Å². The Kier molecular flexibility index (Phi) is 13.8. The molecule has 0 spiro atoms. The maximum Gasteiger partial charge on any atom is 0.329 e. The zero-order valence-corrected chi connectivity index (χ0v) is 27.7. The molecule has 0 fully saturated rings. The van der Waals surface area contributed by atoms with Crippen LogP contribution in [0.1, 0.15) is 25.3 Å². The van der Waals surface area contributed by atoms with Crippen LogP contribution < -0.4 is 18.9 Å². The van der Waals surface area contributed by atoms with E-state index in [4.69, 9.17) is 4.74 Å². The highest BCUT2D eigenvalue weighted by atomic mass is 19.2. The Morgan fingerprint density at radius 1 is 0.564 bits per heavy atom. The van der Waals surface area contributed by atoms with Crippen molar-refractivity contribution < 1.29 is 86.0 Å². The number of carbonyl (C=O) groups is 3. The van der Waals surface area contributed by atoms with Crippen LogP contribution in [-0.4, -0.2) is 48.5 Å². The number of ether oxygens (including phenoxy) is 4. The van der Waals surface area contributed by atoms with Crippen LogP contribution in [-0.2, 0) is 20.8 Å². The van der Waals surface area contributed by atoms with Crippen molar-refractivity contribution in [3.8, 4) is 23.0 Å². The van der Waals surface area contributed by atoms with E-state index < -0.39 is 131 Å². The Bertz CT molecular complexity index is 1940. The number of carbonyl (C=O) groups excluding carboxylic acids is 3. The highest BCUT2D eigenvalue weighted by Gasteiger charge is 2.36. The number of benzene rings is 4. The summed E-state index contributed by atoms with van der Waals surface area (Å²) in [6.45, 7) is -1.10. The molecule has 0 saturated carbocycles. The van der Waals surface area contributed by atoms with Crippen molar-refractivity contribution >= 4 is 17.9 Å². The minimum Gasteiger partial charge on any atom is -0.494 e. The molecule has 0 radical (unpaired) electrons. The Morgan fingerprint density at radius 2 is 0.927 bits per heavy atom. The third-order valence-electron chi connectivity index (χ3n) is 7.35. The molecule has 8 nitrogen and oxygen atoms in total. The Labute approximate surface area is 301 Å². The zero-order valence-electron chi connectivity index (χ0n) is 27.7. The topological polar surface area (TPSA) is 91.4 Å². The van der Waals surface area contributed by atoms with Gasteiger partial charge in [0, 0.05) is 18.2 Å². The van der Waals surface area contributed by atoms with Crippen LogP contribution in [0.4, 0.5) is 52.7 Å². The minimum atomic E-state index is -2.32. The summed E-state index contributed by atoms with van der Waals surface area (Å²) in [5.74, 6) is -37.3. The van der Waals surface area contributed by atoms with Crippen molar-refractivity contribution in [3.05, 3.63) is 118 Å².